The Hall–Kier alpha value is -2.56. The van der Waals surface area contributed by atoms with Crippen LogP contribution in [0.3, 0.4) is 0 Å². The molecular formula is C37H52O9. The molecule has 1 unspecified atom stereocenters. The summed E-state index contributed by atoms with van der Waals surface area (Å²) in [6.45, 7) is 10.7. The molecule has 0 bridgehead atoms. The van der Waals surface area contributed by atoms with Crippen molar-refractivity contribution in [1.82, 2.24) is 0 Å². The average Bonchev–Trinajstić information content (AvgIpc) is 3.25. The van der Waals surface area contributed by atoms with E-state index in [0.29, 0.717) is 43.2 Å². The molecule has 0 amide bonds. The van der Waals surface area contributed by atoms with Crippen molar-refractivity contribution in [2.75, 3.05) is 0 Å². The molecule has 9 heteroatoms. The third-order valence-electron chi connectivity index (χ3n) is 12.4. The van der Waals surface area contributed by atoms with Crippen LogP contribution in [0.1, 0.15) is 109 Å². The number of aliphatic hydroxyl groups excluding tert-OH is 2. The minimum Gasteiger partial charge on any atom is -0.507 e. The third kappa shape index (κ3) is 5.66. The topological polar surface area (TPSA) is 165 Å². The van der Waals surface area contributed by atoms with Crippen LogP contribution in [-0.4, -0.2) is 77.5 Å². The lowest BCUT2D eigenvalue weighted by Crippen LogP contribution is -2.63. The summed E-state index contributed by atoms with van der Waals surface area (Å²) in [6.07, 6.45) is 4.86. The normalized spacial score (nSPS) is 37.9. The highest BCUT2D eigenvalue weighted by Gasteiger charge is 2.69. The minimum atomic E-state index is -1.53. The molecule has 4 aliphatic rings. The number of aliphatic hydroxyl groups is 5. The summed E-state index contributed by atoms with van der Waals surface area (Å²) in [5.74, 6) is -2.38. The van der Waals surface area contributed by atoms with Gasteiger partial charge in [0.25, 0.3) is 0 Å². The number of rotatable bonds is 8. The third-order valence-corrected chi connectivity index (χ3v) is 12.4. The van der Waals surface area contributed by atoms with Crippen molar-refractivity contribution >= 4 is 17.8 Å². The van der Waals surface area contributed by atoms with Gasteiger partial charge in [0, 0.05) is 11.3 Å². The maximum Gasteiger partial charge on any atom is 0.342 e. The first-order valence-electron chi connectivity index (χ1n) is 16.7. The molecule has 1 aromatic rings. The summed E-state index contributed by atoms with van der Waals surface area (Å²) in [6, 6.07) is 4.62. The van der Waals surface area contributed by atoms with E-state index in [2.05, 4.69) is 0 Å². The van der Waals surface area contributed by atoms with Crippen molar-refractivity contribution in [2.24, 2.45) is 28.6 Å². The molecule has 10 atom stereocenters. The van der Waals surface area contributed by atoms with E-state index >= 15 is 0 Å². The van der Waals surface area contributed by atoms with Gasteiger partial charge in [0.05, 0.1) is 29.0 Å². The molecular weight excluding hydrogens is 588 g/mol. The second-order valence-electron chi connectivity index (χ2n) is 15.8. The highest BCUT2D eigenvalue weighted by atomic mass is 16.6. The number of fused-ring (bicyclic) bond motifs is 5. The van der Waals surface area contributed by atoms with E-state index in [0.717, 1.165) is 0 Å². The standard InChI is InChI=1S/C37H52O9/c1-7-8-21-9-10-26(38)22(17-21)32(42)46-29-19-25-27(39)18-24-23(34(25,4)20-28(29)40)11-15-35(5)30(12-16-37(24,35)45)36(6,44)31(41)13-14-33(2,3)43/h7-10,17-18,23,25,28-31,38,40-41,43-45H,11-16,19-20H2,1-6H3/t23-,25-,28-,29+,30-,31?,34+,35+,36+,37+/m0/s1. The van der Waals surface area contributed by atoms with Gasteiger partial charge >= 0.3 is 5.97 Å². The monoisotopic (exact) mass is 640 g/mol. The Labute approximate surface area is 272 Å². The van der Waals surface area contributed by atoms with Gasteiger partial charge in [-0.3, -0.25) is 4.79 Å². The zero-order valence-corrected chi connectivity index (χ0v) is 28.0. The van der Waals surface area contributed by atoms with Crippen molar-refractivity contribution in [3.05, 3.63) is 47.1 Å². The van der Waals surface area contributed by atoms with Crippen LogP contribution in [-0.2, 0) is 9.53 Å². The van der Waals surface area contributed by atoms with Crippen molar-refractivity contribution in [3.8, 4) is 5.75 Å². The first kappa shape index (κ1) is 34.8. The van der Waals surface area contributed by atoms with Crippen molar-refractivity contribution in [3.63, 3.8) is 0 Å². The lowest BCUT2D eigenvalue weighted by atomic mass is 9.45. The Bertz CT molecular complexity index is 1420. The van der Waals surface area contributed by atoms with Crippen LogP contribution in [0.25, 0.3) is 6.08 Å². The quantitative estimate of drug-likeness (QED) is 0.225. The zero-order valence-electron chi connectivity index (χ0n) is 28.0. The van der Waals surface area contributed by atoms with Crippen LogP contribution < -0.4 is 0 Å². The molecule has 3 saturated carbocycles. The van der Waals surface area contributed by atoms with E-state index in [9.17, 15) is 40.2 Å². The highest BCUT2D eigenvalue weighted by Crippen LogP contribution is 2.68. The second kappa shape index (κ2) is 11.8. The average molecular weight is 641 g/mol. The van der Waals surface area contributed by atoms with Gasteiger partial charge < -0.3 is 35.4 Å². The number of carbonyl (C=O) groups excluding carboxylic acids is 2. The number of phenolic OH excluding ortho intramolecular Hbond substituents is 1. The Kier molecular flexibility index (Phi) is 8.95. The number of hydrogen-bond acceptors (Lipinski definition) is 9. The van der Waals surface area contributed by atoms with Crippen molar-refractivity contribution in [1.29, 1.82) is 0 Å². The SMILES string of the molecule is CC=Cc1ccc(O)c(C(=O)O[C@@H]2C[C@H]3C(=O)C=C4[C@H](CC[C@]5(C)[C@@H]([C@@](C)(O)C(O)CCC(C)(C)O)CC[C@@]45O)[C@@]3(C)C[C@@H]2O)c1. The molecule has 4 aliphatic carbocycles. The van der Waals surface area contributed by atoms with E-state index in [4.69, 9.17) is 4.74 Å². The molecule has 6 N–H and O–H groups in total. The smallest absolute Gasteiger partial charge is 0.342 e. The van der Waals surface area contributed by atoms with Gasteiger partial charge in [-0.05, 0) is 126 Å². The molecule has 3 fully saturated rings. The number of benzene rings is 1. The van der Waals surface area contributed by atoms with Crippen LogP contribution in [0.5, 0.6) is 5.75 Å². The first-order valence-corrected chi connectivity index (χ1v) is 16.7. The van der Waals surface area contributed by atoms with Gasteiger partial charge in [0.15, 0.2) is 5.78 Å². The molecule has 5 rings (SSSR count). The molecule has 254 valence electrons. The number of ether oxygens (including phenoxy) is 1. The Balaban J connectivity index is 1.39. The highest BCUT2D eigenvalue weighted by molar-refractivity contribution is 5.95. The molecule has 1 aromatic carbocycles. The summed E-state index contributed by atoms with van der Waals surface area (Å²) < 4.78 is 5.74. The fraction of sp³-hybridized carbons (Fsp3) is 0.676. The largest absolute Gasteiger partial charge is 0.507 e. The van der Waals surface area contributed by atoms with E-state index in [1.165, 1.54) is 12.1 Å². The summed E-state index contributed by atoms with van der Waals surface area (Å²) in [5.41, 5.74) is -4.06. The number of phenols is 1. The maximum atomic E-state index is 13.9. The molecule has 0 heterocycles. The van der Waals surface area contributed by atoms with Crippen LogP contribution in [0.2, 0.25) is 0 Å². The molecule has 0 radical (unpaired) electrons. The van der Waals surface area contributed by atoms with Crippen LogP contribution in [0.4, 0.5) is 0 Å². The Morgan fingerprint density at radius 2 is 1.83 bits per heavy atom. The predicted molar refractivity (Wildman–Crippen MR) is 173 cm³/mol. The van der Waals surface area contributed by atoms with Gasteiger partial charge in [-0.25, -0.2) is 4.79 Å². The van der Waals surface area contributed by atoms with E-state index in [1.807, 2.05) is 26.8 Å². The van der Waals surface area contributed by atoms with E-state index < -0.39 is 63.8 Å². The number of esters is 1. The van der Waals surface area contributed by atoms with Gasteiger partial charge in [0.1, 0.15) is 17.4 Å². The summed E-state index contributed by atoms with van der Waals surface area (Å²) >= 11 is 0. The van der Waals surface area contributed by atoms with Crippen LogP contribution >= 0.6 is 0 Å². The summed E-state index contributed by atoms with van der Waals surface area (Å²) in [7, 11) is 0. The second-order valence-corrected chi connectivity index (χ2v) is 15.8. The number of allylic oxidation sites excluding steroid dienone is 2. The zero-order chi connectivity index (χ0) is 34.0. The van der Waals surface area contributed by atoms with Crippen LogP contribution in [0, 0.1) is 28.6 Å². The fourth-order valence-corrected chi connectivity index (χ4v) is 9.65. The first-order chi connectivity index (χ1) is 21.3. The van der Waals surface area contributed by atoms with Crippen molar-refractivity contribution < 1.29 is 45.0 Å². The lowest BCUT2D eigenvalue weighted by molar-refractivity contribution is -0.177. The van der Waals surface area contributed by atoms with E-state index in [1.54, 1.807) is 39.0 Å². The Morgan fingerprint density at radius 1 is 1.13 bits per heavy atom. The van der Waals surface area contributed by atoms with Gasteiger partial charge in [0.2, 0.25) is 0 Å². The van der Waals surface area contributed by atoms with Crippen LogP contribution in [0.15, 0.2) is 35.9 Å². The van der Waals surface area contributed by atoms with Gasteiger partial charge in [-0.1, -0.05) is 32.1 Å². The van der Waals surface area contributed by atoms with E-state index in [-0.39, 0.29) is 42.3 Å². The number of aromatic hydroxyl groups is 1. The fourth-order valence-electron chi connectivity index (χ4n) is 9.65. The van der Waals surface area contributed by atoms with Gasteiger partial charge in [-0.15, -0.1) is 0 Å². The molecule has 0 spiro atoms. The summed E-state index contributed by atoms with van der Waals surface area (Å²) in [5, 5.41) is 67.2. The molecule has 9 nitrogen and oxygen atoms in total. The molecule has 0 saturated heterocycles. The Morgan fingerprint density at radius 3 is 2.48 bits per heavy atom. The van der Waals surface area contributed by atoms with Crippen molar-refractivity contribution in [2.45, 2.75) is 128 Å². The number of ketones is 1. The minimum absolute atomic E-state index is 0.0149. The number of hydrogen-bond donors (Lipinski definition) is 6. The van der Waals surface area contributed by atoms with Gasteiger partial charge in [-0.2, -0.15) is 0 Å². The number of carbonyl (C=O) groups is 2. The molecule has 46 heavy (non-hydrogen) atoms. The predicted octanol–water partition coefficient (Wildman–Crippen LogP) is 4.46. The lowest BCUT2D eigenvalue weighted by Gasteiger charge is -2.60. The molecule has 0 aromatic heterocycles. The molecule has 0 aliphatic heterocycles. The maximum absolute atomic E-state index is 13.9. The summed E-state index contributed by atoms with van der Waals surface area (Å²) in [4.78, 5) is 27.0.